The summed E-state index contributed by atoms with van der Waals surface area (Å²) >= 11 is 0. The second-order valence-corrected chi connectivity index (χ2v) is 4.32. The van der Waals surface area contributed by atoms with Gasteiger partial charge >= 0.3 is 0 Å². The van der Waals surface area contributed by atoms with Gasteiger partial charge in [-0.15, -0.1) is 0 Å². The van der Waals surface area contributed by atoms with Gasteiger partial charge in [-0.1, -0.05) is 12.8 Å². The minimum atomic E-state index is -0.0485. The van der Waals surface area contributed by atoms with Gasteiger partial charge in [-0.3, -0.25) is 9.59 Å². The third kappa shape index (κ3) is 2.56. The minimum Gasteiger partial charge on any atom is -0.370 e. The molecule has 0 spiro atoms. The van der Waals surface area contributed by atoms with Crippen molar-refractivity contribution in [3.8, 4) is 0 Å². The second kappa shape index (κ2) is 4.75. The summed E-state index contributed by atoms with van der Waals surface area (Å²) in [6.07, 6.45) is 4.34. The van der Waals surface area contributed by atoms with E-state index in [1.165, 1.54) is 0 Å². The molecule has 0 aromatic rings. The van der Waals surface area contributed by atoms with Crippen LogP contribution in [-0.2, 0) is 14.3 Å². The number of morpholine rings is 1. The van der Waals surface area contributed by atoms with E-state index in [-0.39, 0.29) is 24.2 Å². The molecule has 2 rings (SSSR count). The van der Waals surface area contributed by atoms with Crippen LogP contribution in [0, 0.1) is 5.92 Å². The molecule has 0 N–H and O–H groups in total. The van der Waals surface area contributed by atoms with Gasteiger partial charge in [-0.25, -0.2) is 0 Å². The molecule has 1 saturated carbocycles. The molecule has 1 aliphatic heterocycles. The Bertz CT molecular complexity index is 259. The molecule has 15 heavy (non-hydrogen) atoms. The molecule has 2 aliphatic rings. The molecule has 1 aliphatic carbocycles. The van der Waals surface area contributed by atoms with Crippen molar-refractivity contribution in [2.45, 2.75) is 25.7 Å². The summed E-state index contributed by atoms with van der Waals surface area (Å²) < 4.78 is 5.02. The molecule has 1 saturated heterocycles. The Morgan fingerprint density at radius 2 is 2.13 bits per heavy atom. The summed E-state index contributed by atoms with van der Waals surface area (Å²) in [6.45, 7) is 1.56. The van der Waals surface area contributed by atoms with Crippen molar-refractivity contribution in [1.29, 1.82) is 0 Å². The van der Waals surface area contributed by atoms with Gasteiger partial charge in [0.25, 0.3) is 0 Å². The molecule has 84 valence electrons. The monoisotopic (exact) mass is 211 g/mol. The molecule has 1 amide bonds. The number of nitrogens with zero attached hydrogens (tertiary/aromatic N) is 1. The SMILES string of the molecule is O=C(CN1CCOCC1=O)C1CCCC1. The lowest BCUT2D eigenvalue weighted by atomic mass is 10.0. The summed E-state index contributed by atoms with van der Waals surface area (Å²) in [5.41, 5.74) is 0. The van der Waals surface area contributed by atoms with Crippen LogP contribution in [0.15, 0.2) is 0 Å². The van der Waals surface area contributed by atoms with E-state index in [0.717, 1.165) is 25.7 Å². The van der Waals surface area contributed by atoms with Crippen LogP contribution in [0.5, 0.6) is 0 Å². The Labute approximate surface area is 89.6 Å². The molecular formula is C11H17NO3. The highest BCUT2D eigenvalue weighted by molar-refractivity contribution is 5.88. The van der Waals surface area contributed by atoms with Gasteiger partial charge in [0.1, 0.15) is 6.61 Å². The standard InChI is InChI=1S/C11H17NO3/c13-10(9-3-1-2-4-9)7-12-5-6-15-8-11(12)14/h9H,1-8H2. The summed E-state index contributed by atoms with van der Waals surface area (Å²) in [5, 5.41) is 0. The van der Waals surface area contributed by atoms with Crippen LogP contribution in [0.25, 0.3) is 0 Å². The topological polar surface area (TPSA) is 46.6 Å². The zero-order valence-electron chi connectivity index (χ0n) is 8.91. The van der Waals surface area contributed by atoms with Crippen molar-refractivity contribution < 1.29 is 14.3 Å². The summed E-state index contributed by atoms with van der Waals surface area (Å²) in [6, 6.07) is 0. The Morgan fingerprint density at radius 1 is 1.40 bits per heavy atom. The maximum atomic E-state index is 11.8. The van der Waals surface area contributed by atoms with Gasteiger partial charge in [-0.2, -0.15) is 0 Å². The molecule has 2 fully saturated rings. The highest BCUT2D eigenvalue weighted by atomic mass is 16.5. The second-order valence-electron chi connectivity index (χ2n) is 4.32. The Morgan fingerprint density at radius 3 is 2.80 bits per heavy atom. The molecule has 1 heterocycles. The van der Waals surface area contributed by atoms with Gasteiger partial charge in [0.15, 0.2) is 5.78 Å². The van der Waals surface area contributed by atoms with Crippen molar-refractivity contribution >= 4 is 11.7 Å². The van der Waals surface area contributed by atoms with Crippen LogP contribution >= 0.6 is 0 Å². The van der Waals surface area contributed by atoms with Gasteiger partial charge in [0.2, 0.25) is 5.91 Å². The number of hydrogen-bond donors (Lipinski definition) is 0. The first-order valence-electron chi connectivity index (χ1n) is 5.65. The lowest BCUT2D eigenvalue weighted by Gasteiger charge is -2.26. The third-order valence-corrected chi connectivity index (χ3v) is 3.24. The normalized spacial score (nSPS) is 23.5. The lowest BCUT2D eigenvalue weighted by Crippen LogP contribution is -2.45. The number of ether oxygens (including phenoxy) is 1. The summed E-state index contributed by atoms with van der Waals surface area (Å²) in [5.74, 6) is 0.399. The zero-order chi connectivity index (χ0) is 10.7. The van der Waals surface area contributed by atoms with Crippen LogP contribution in [-0.4, -0.2) is 42.9 Å². The van der Waals surface area contributed by atoms with Crippen LogP contribution in [0.1, 0.15) is 25.7 Å². The Kier molecular flexibility index (Phi) is 3.36. The average molecular weight is 211 g/mol. The fourth-order valence-corrected chi connectivity index (χ4v) is 2.28. The fourth-order valence-electron chi connectivity index (χ4n) is 2.28. The number of Topliss-reactive ketones (excluding diaryl/α,β-unsaturated/α-hetero) is 1. The predicted molar refractivity (Wildman–Crippen MR) is 54.4 cm³/mol. The molecule has 0 aromatic carbocycles. The van der Waals surface area contributed by atoms with Crippen molar-refractivity contribution in [1.82, 2.24) is 4.90 Å². The highest BCUT2D eigenvalue weighted by Crippen LogP contribution is 2.25. The lowest BCUT2D eigenvalue weighted by molar-refractivity contribution is -0.146. The van der Waals surface area contributed by atoms with E-state index in [1.807, 2.05) is 0 Å². The van der Waals surface area contributed by atoms with E-state index in [1.54, 1.807) is 4.90 Å². The third-order valence-electron chi connectivity index (χ3n) is 3.24. The number of hydrogen-bond acceptors (Lipinski definition) is 3. The molecule has 0 aromatic heterocycles. The number of rotatable bonds is 3. The van der Waals surface area contributed by atoms with Gasteiger partial charge in [-0.05, 0) is 12.8 Å². The fraction of sp³-hybridized carbons (Fsp3) is 0.818. The van der Waals surface area contributed by atoms with Crippen molar-refractivity contribution in [3.63, 3.8) is 0 Å². The number of carbonyl (C=O) groups excluding carboxylic acids is 2. The molecule has 0 atom stereocenters. The zero-order valence-corrected chi connectivity index (χ0v) is 8.91. The smallest absolute Gasteiger partial charge is 0.249 e. The number of ketones is 1. The Balaban J connectivity index is 1.84. The first-order chi connectivity index (χ1) is 7.27. The van der Waals surface area contributed by atoms with E-state index >= 15 is 0 Å². The van der Waals surface area contributed by atoms with Crippen molar-refractivity contribution in [3.05, 3.63) is 0 Å². The van der Waals surface area contributed by atoms with Crippen LogP contribution in [0.3, 0.4) is 0 Å². The maximum absolute atomic E-state index is 11.8. The van der Waals surface area contributed by atoms with Gasteiger partial charge in [0, 0.05) is 12.5 Å². The van der Waals surface area contributed by atoms with Crippen LogP contribution in [0.2, 0.25) is 0 Å². The molecule has 4 heteroatoms. The average Bonchev–Trinajstić information content (AvgIpc) is 2.74. The van der Waals surface area contributed by atoms with Gasteiger partial charge in [0.05, 0.1) is 13.2 Å². The minimum absolute atomic E-state index is 0.0485. The van der Waals surface area contributed by atoms with Crippen LogP contribution in [0.4, 0.5) is 0 Å². The predicted octanol–water partition coefficient (Wildman–Crippen LogP) is 0.604. The highest BCUT2D eigenvalue weighted by Gasteiger charge is 2.27. The maximum Gasteiger partial charge on any atom is 0.249 e. The van der Waals surface area contributed by atoms with E-state index in [9.17, 15) is 9.59 Å². The molecule has 0 radical (unpaired) electrons. The quantitative estimate of drug-likeness (QED) is 0.687. The molecule has 4 nitrogen and oxygen atoms in total. The van der Waals surface area contributed by atoms with E-state index in [2.05, 4.69) is 0 Å². The first kappa shape index (κ1) is 10.6. The summed E-state index contributed by atoms with van der Waals surface area (Å²) in [7, 11) is 0. The summed E-state index contributed by atoms with van der Waals surface area (Å²) in [4.78, 5) is 24.8. The van der Waals surface area contributed by atoms with Crippen LogP contribution < -0.4 is 0 Å². The van der Waals surface area contributed by atoms with Gasteiger partial charge < -0.3 is 9.64 Å². The Hall–Kier alpha value is -0.900. The van der Waals surface area contributed by atoms with E-state index < -0.39 is 0 Å². The molecule has 0 bridgehead atoms. The number of carbonyl (C=O) groups is 2. The number of amides is 1. The first-order valence-corrected chi connectivity index (χ1v) is 5.65. The molecule has 0 unspecified atom stereocenters. The van der Waals surface area contributed by atoms with E-state index in [4.69, 9.17) is 4.74 Å². The largest absolute Gasteiger partial charge is 0.370 e. The van der Waals surface area contributed by atoms with Crippen molar-refractivity contribution in [2.75, 3.05) is 26.3 Å². The van der Waals surface area contributed by atoms with Crippen molar-refractivity contribution in [2.24, 2.45) is 5.92 Å². The van der Waals surface area contributed by atoms with E-state index in [0.29, 0.717) is 19.7 Å². The molecular weight excluding hydrogens is 194 g/mol.